The van der Waals surface area contributed by atoms with E-state index in [1.54, 1.807) is 0 Å². The molecule has 110 valence electrons. The normalized spacial score (nSPS) is 21.3. The van der Waals surface area contributed by atoms with Gasteiger partial charge >= 0.3 is 0 Å². The largest absolute Gasteiger partial charge is 0.306 e. The fourth-order valence-corrected chi connectivity index (χ4v) is 2.93. The SMILES string of the molecule is CCC(C#N)(CCCN1CCC(N(C)C)CC1)NC. The summed E-state index contributed by atoms with van der Waals surface area (Å²) in [6, 6.07) is 3.19. The van der Waals surface area contributed by atoms with Gasteiger partial charge in [-0.05, 0) is 72.9 Å². The molecule has 1 rings (SSSR count). The van der Waals surface area contributed by atoms with Gasteiger partial charge in [-0.1, -0.05) is 6.92 Å². The summed E-state index contributed by atoms with van der Waals surface area (Å²) in [5, 5.41) is 12.5. The second-order valence-electron chi connectivity index (χ2n) is 5.94. The molecule has 1 atom stereocenters. The van der Waals surface area contributed by atoms with Crippen LogP contribution < -0.4 is 5.32 Å². The third kappa shape index (κ3) is 4.76. The highest BCUT2D eigenvalue weighted by atomic mass is 15.2. The zero-order valence-electron chi connectivity index (χ0n) is 13.1. The molecule has 1 aliphatic heterocycles. The minimum absolute atomic E-state index is 0.318. The third-order valence-electron chi connectivity index (χ3n) is 4.66. The first-order valence-corrected chi connectivity index (χ1v) is 7.56. The van der Waals surface area contributed by atoms with Crippen LogP contribution in [0, 0.1) is 11.3 Å². The molecule has 1 fully saturated rings. The Bertz CT molecular complexity index is 283. The molecule has 0 bridgehead atoms. The average molecular weight is 266 g/mol. The Balaban J connectivity index is 2.26. The van der Waals surface area contributed by atoms with Crippen molar-refractivity contribution in [3.8, 4) is 6.07 Å². The number of rotatable bonds is 7. The minimum atomic E-state index is -0.318. The van der Waals surface area contributed by atoms with E-state index in [0.717, 1.165) is 31.8 Å². The maximum Gasteiger partial charge on any atom is 0.106 e. The summed E-state index contributed by atoms with van der Waals surface area (Å²) in [5.41, 5.74) is -0.318. The van der Waals surface area contributed by atoms with Crippen molar-refractivity contribution in [3.05, 3.63) is 0 Å². The van der Waals surface area contributed by atoms with Crippen LogP contribution in [0.2, 0.25) is 0 Å². The Hall–Kier alpha value is -0.630. The lowest BCUT2D eigenvalue weighted by Gasteiger charge is -2.35. The van der Waals surface area contributed by atoms with Crippen molar-refractivity contribution >= 4 is 0 Å². The number of nitrogens with zero attached hydrogens (tertiary/aromatic N) is 3. The highest BCUT2D eigenvalue weighted by molar-refractivity contribution is 5.05. The molecule has 1 aliphatic rings. The molecule has 1 saturated heterocycles. The predicted octanol–water partition coefficient (Wildman–Crippen LogP) is 1.68. The van der Waals surface area contributed by atoms with Gasteiger partial charge in [0.25, 0.3) is 0 Å². The molecular weight excluding hydrogens is 236 g/mol. The molecule has 0 aromatic heterocycles. The van der Waals surface area contributed by atoms with Crippen LogP contribution in [-0.2, 0) is 0 Å². The van der Waals surface area contributed by atoms with Gasteiger partial charge in [-0.25, -0.2) is 0 Å². The van der Waals surface area contributed by atoms with Gasteiger partial charge in [-0.15, -0.1) is 0 Å². The van der Waals surface area contributed by atoms with Crippen molar-refractivity contribution in [2.24, 2.45) is 0 Å². The second kappa shape index (κ2) is 7.84. The highest BCUT2D eigenvalue weighted by Crippen LogP contribution is 2.18. The van der Waals surface area contributed by atoms with Gasteiger partial charge in [0, 0.05) is 6.04 Å². The molecule has 4 nitrogen and oxygen atoms in total. The van der Waals surface area contributed by atoms with Gasteiger partial charge in [0.1, 0.15) is 5.54 Å². The van der Waals surface area contributed by atoms with Gasteiger partial charge in [-0.3, -0.25) is 0 Å². The molecular formula is C15H30N4. The molecule has 0 aliphatic carbocycles. The van der Waals surface area contributed by atoms with E-state index in [1.807, 2.05) is 7.05 Å². The van der Waals surface area contributed by atoms with Gasteiger partial charge in [0.05, 0.1) is 6.07 Å². The molecule has 0 spiro atoms. The molecule has 1 N–H and O–H groups in total. The van der Waals surface area contributed by atoms with Gasteiger partial charge in [0.15, 0.2) is 0 Å². The summed E-state index contributed by atoms with van der Waals surface area (Å²) in [6.45, 7) is 5.62. The van der Waals surface area contributed by atoms with Crippen molar-refractivity contribution < 1.29 is 0 Å². The summed E-state index contributed by atoms with van der Waals surface area (Å²) in [4.78, 5) is 4.89. The minimum Gasteiger partial charge on any atom is -0.306 e. The lowest BCUT2D eigenvalue weighted by Crippen LogP contribution is -2.44. The first kappa shape index (κ1) is 16.4. The van der Waals surface area contributed by atoms with Gasteiger partial charge < -0.3 is 15.1 Å². The van der Waals surface area contributed by atoms with E-state index in [9.17, 15) is 5.26 Å². The molecule has 0 amide bonds. The Kier molecular flexibility index (Phi) is 6.78. The lowest BCUT2D eigenvalue weighted by molar-refractivity contribution is 0.141. The summed E-state index contributed by atoms with van der Waals surface area (Å²) in [7, 11) is 6.25. The first-order valence-electron chi connectivity index (χ1n) is 7.56. The fraction of sp³-hybridized carbons (Fsp3) is 0.933. The van der Waals surface area contributed by atoms with Crippen molar-refractivity contribution in [1.82, 2.24) is 15.1 Å². The molecule has 19 heavy (non-hydrogen) atoms. The van der Waals surface area contributed by atoms with E-state index in [1.165, 1.54) is 25.9 Å². The molecule has 0 aromatic carbocycles. The monoisotopic (exact) mass is 266 g/mol. The summed E-state index contributed by atoms with van der Waals surface area (Å²) >= 11 is 0. The van der Waals surface area contributed by atoms with E-state index in [2.05, 4.69) is 42.2 Å². The van der Waals surface area contributed by atoms with Crippen molar-refractivity contribution in [2.45, 2.75) is 50.6 Å². The smallest absolute Gasteiger partial charge is 0.106 e. The standard InChI is InChI=1S/C15H30N4/c1-5-15(13-16,17-2)9-6-10-19-11-7-14(8-12-19)18(3)4/h14,17H,5-12H2,1-4H3. The number of piperidine rings is 1. The third-order valence-corrected chi connectivity index (χ3v) is 4.66. The van der Waals surface area contributed by atoms with Crippen LogP contribution in [0.1, 0.15) is 39.0 Å². The lowest BCUT2D eigenvalue weighted by atomic mass is 9.92. The number of hydrogen-bond donors (Lipinski definition) is 1. The number of hydrogen-bond acceptors (Lipinski definition) is 4. The molecule has 0 radical (unpaired) electrons. The number of nitrogens with one attached hydrogen (secondary N) is 1. The molecule has 0 aromatic rings. The zero-order valence-corrected chi connectivity index (χ0v) is 13.1. The summed E-state index contributed by atoms with van der Waals surface area (Å²) in [6.07, 6.45) is 5.48. The Morgan fingerprint density at radius 3 is 2.42 bits per heavy atom. The van der Waals surface area contributed by atoms with E-state index < -0.39 is 0 Å². The quantitative estimate of drug-likeness (QED) is 0.761. The van der Waals surface area contributed by atoms with Crippen LogP contribution in [0.4, 0.5) is 0 Å². The number of nitriles is 1. The average Bonchev–Trinajstić information content (AvgIpc) is 2.45. The Morgan fingerprint density at radius 2 is 2.00 bits per heavy atom. The van der Waals surface area contributed by atoms with E-state index in [-0.39, 0.29) is 5.54 Å². The number of likely N-dealkylation sites (tertiary alicyclic amines) is 1. The predicted molar refractivity (Wildman–Crippen MR) is 80.1 cm³/mol. The van der Waals surface area contributed by atoms with E-state index in [0.29, 0.717) is 0 Å². The van der Waals surface area contributed by atoms with E-state index in [4.69, 9.17) is 0 Å². The Morgan fingerprint density at radius 1 is 1.37 bits per heavy atom. The molecule has 0 saturated carbocycles. The summed E-state index contributed by atoms with van der Waals surface area (Å²) < 4.78 is 0. The van der Waals surface area contributed by atoms with Crippen molar-refractivity contribution in [3.63, 3.8) is 0 Å². The highest BCUT2D eigenvalue weighted by Gasteiger charge is 2.26. The maximum atomic E-state index is 9.28. The molecule has 1 unspecified atom stereocenters. The van der Waals surface area contributed by atoms with Crippen LogP contribution in [0.15, 0.2) is 0 Å². The Labute approximate surface area is 118 Å². The zero-order chi connectivity index (χ0) is 14.3. The van der Waals surface area contributed by atoms with Gasteiger partial charge in [-0.2, -0.15) is 5.26 Å². The van der Waals surface area contributed by atoms with Crippen LogP contribution in [-0.4, -0.2) is 62.2 Å². The van der Waals surface area contributed by atoms with Crippen LogP contribution >= 0.6 is 0 Å². The first-order chi connectivity index (χ1) is 9.06. The molecule has 4 heteroatoms. The summed E-state index contributed by atoms with van der Waals surface area (Å²) in [5.74, 6) is 0. The van der Waals surface area contributed by atoms with Crippen LogP contribution in [0.3, 0.4) is 0 Å². The van der Waals surface area contributed by atoms with Crippen molar-refractivity contribution in [1.29, 1.82) is 5.26 Å². The van der Waals surface area contributed by atoms with Crippen LogP contribution in [0.25, 0.3) is 0 Å². The molecule has 1 heterocycles. The van der Waals surface area contributed by atoms with Crippen molar-refractivity contribution in [2.75, 3.05) is 40.8 Å². The second-order valence-corrected chi connectivity index (χ2v) is 5.94. The van der Waals surface area contributed by atoms with Gasteiger partial charge in [0.2, 0.25) is 0 Å². The maximum absolute atomic E-state index is 9.28. The topological polar surface area (TPSA) is 42.3 Å². The fourth-order valence-electron chi connectivity index (χ4n) is 2.93. The van der Waals surface area contributed by atoms with E-state index >= 15 is 0 Å². The van der Waals surface area contributed by atoms with Crippen LogP contribution in [0.5, 0.6) is 0 Å².